The molecule has 2 aliphatic rings. The Morgan fingerprint density at radius 1 is 1.15 bits per heavy atom. The smallest absolute Gasteiger partial charge is 0.248 e. The summed E-state index contributed by atoms with van der Waals surface area (Å²) in [5, 5.41) is 0. The number of morpholine rings is 1. The molecule has 2 heterocycles. The van der Waals surface area contributed by atoms with Gasteiger partial charge in [-0.1, -0.05) is 0 Å². The highest BCUT2D eigenvalue weighted by molar-refractivity contribution is 5.77. The minimum absolute atomic E-state index is 0.103. The van der Waals surface area contributed by atoms with Gasteiger partial charge in [0.05, 0.1) is 19.3 Å². The van der Waals surface area contributed by atoms with Gasteiger partial charge in [-0.2, -0.15) is 0 Å². The minimum Gasteiger partial charge on any atom is -0.378 e. The molecule has 0 spiro atoms. The molecule has 0 radical (unpaired) electrons. The second-order valence-electron chi connectivity index (χ2n) is 6.66. The molecule has 0 aromatic heterocycles. The van der Waals surface area contributed by atoms with Crippen LogP contribution in [0.4, 0.5) is 0 Å². The van der Waals surface area contributed by atoms with Crippen molar-refractivity contribution in [1.29, 1.82) is 0 Å². The molecule has 5 heteroatoms. The first-order valence-corrected chi connectivity index (χ1v) is 7.69. The van der Waals surface area contributed by atoms with Gasteiger partial charge < -0.3 is 14.4 Å². The van der Waals surface area contributed by atoms with Gasteiger partial charge in [0, 0.05) is 31.7 Å². The molecule has 0 saturated carbocycles. The number of piperidine rings is 1. The summed E-state index contributed by atoms with van der Waals surface area (Å²) in [7, 11) is 0. The van der Waals surface area contributed by atoms with Crippen LogP contribution in [-0.2, 0) is 14.3 Å². The molecule has 5 nitrogen and oxygen atoms in total. The van der Waals surface area contributed by atoms with Crippen LogP contribution >= 0.6 is 0 Å². The molecule has 0 aromatic rings. The van der Waals surface area contributed by atoms with E-state index in [1.54, 1.807) is 0 Å². The van der Waals surface area contributed by atoms with E-state index in [9.17, 15) is 4.79 Å². The summed E-state index contributed by atoms with van der Waals surface area (Å²) in [5.74, 6) is 0.103. The first-order chi connectivity index (χ1) is 9.47. The second kappa shape index (κ2) is 6.87. The second-order valence-corrected chi connectivity index (χ2v) is 6.66. The lowest BCUT2D eigenvalue weighted by molar-refractivity contribution is -0.143. The molecule has 0 atom stereocenters. The fourth-order valence-electron chi connectivity index (χ4n) is 2.79. The third-order valence-electron chi connectivity index (χ3n) is 4.20. The Labute approximate surface area is 122 Å². The van der Waals surface area contributed by atoms with Crippen molar-refractivity contribution >= 4 is 5.91 Å². The van der Waals surface area contributed by atoms with Gasteiger partial charge in [0.1, 0.15) is 6.61 Å². The van der Waals surface area contributed by atoms with Crippen LogP contribution in [0.1, 0.15) is 33.6 Å². The van der Waals surface area contributed by atoms with Gasteiger partial charge in [-0.05, 0) is 33.6 Å². The fourth-order valence-corrected chi connectivity index (χ4v) is 2.79. The predicted octanol–water partition coefficient (Wildman–Crippen LogP) is 1.12. The number of hydrogen-bond acceptors (Lipinski definition) is 4. The average molecular weight is 284 g/mol. The number of carbonyl (C=O) groups excluding carboxylic acids is 1. The molecule has 2 aliphatic heterocycles. The summed E-state index contributed by atoms with van der Waals surface area (Å²) in [5.41, 5.74) is 0.231. The molecule has 1 amide bonds. The Hall–Kier alpha value is -0.650. The highest BCUT2D eigenvalue weighted by Crippen LogP contribution is 2.21. The van der Waals surface area contributed by atoms with Crippen LogP contribution in [0, 0.1) is 0 Å². The van der Waals surface area contributed by atoms with Crippen molar-refractivity contribution in [1.82, 2.24) is 9.80 Å². The van der Waals surface area contributed by atoms with E-state index in [0.717, 1.165) is 25.9 Å². The van der Waals surface area contributed by atoms with Crippen LogP contribution in [0.2, 0.25) is 0 Å². The van der Waals surface area contributed by atoms with E-state index in [4.69, 9.17) is 9.47 Å². The minimum atomic E-state index is 0.103. The predicted molar refractivity (Wildman–Crippen MR) is 77.7 cm³/mol. The van der Waals surface area contributed by atoms with Crippen LogP contribution in [0.5, 0.6) is 0 Å². The summed E-state index contributed by atoms with van der Waals surface area (Å²) in [6.45, 7) is 11.8. The maximum Gasteiger partial charge on any atom is 0.248 e. The number of rotatable bonds is 3. The maximum absolute atomic E-state index is 12.0. The van der Waals surface area contributed by atoms with Gasteiger partial charge in [0.25, 0.3) is 0 Å². The Morgan fingerprint density at radius 2 is 1.75 bits per heavy atom. The summed E-state index contributed by atoms with van der Waals surface area (Å²) < 4.78 is 11.0. The topological polar surface area (TPSA) is 42.0 Å². The molecular weight excluding hydrogens is 256 g/mol. The summed E-state index contributed by atoms with van der Waals surface area (Å²) in [6, 6.07) is 0. The lowest BCUT2D eigenvalue weighted by Gasteiger charge is -2.40. The number of ether oxygens (including phenoxy) is 2. The molecule has 0 bridgehead atoms. The van der Waals surface area contributed by atoms with E-state index in [1.165, 1.54) is 0 Å². The van der Waals surface area contributed by atoms with Crippen molar-refractivity contribution in [3.05, 3.63) is 0 Å². The van der Waals surface area contributed by atoms with Crippen LogP contribution < -0.4 is 0 Å². The third kappa shape index (κ3) is 4.43. The molecule has 2 rings (SSSR count). The lowest BCUT2D eigenvalue weighted by Crippen LogP contribution is -2.48. The van der Waals surface area contributed by atoms with Gasteiger partial charge >= 0.3 is 0 Å². The molecule has 0 unspecified atom stereocenters. The van der Waals surface area contributed by atoms with Gasteiger partial charge in [0.15, 0.2) is 0 Å². The first kappa shape index (κ1) is 15.7. The Kier molecular flexibility index (Phi) is 5.41. The standard InChI is InChI=1S/C15H28N2O3/c1-15(2,3)17-6-4-13(5-7-17)20-12-14(18)16-8-10-19-11-9-16/h13H,4-12H2,1-3H3. The molecule has 2 saturated heterocycles. The lowest BCUT2D eigenvalue weighted by atomic mass is 9.99. The van der Waals surface area contributed by atoms with Gasteiger partial charge in [0.2, 0.25) is 5.91 Å². The van der Waals surface area contributed by atoms with Crippen LogP contribution in [0.25, 0.3) is 0 Å². The number of likely N-dealkylation sites (tertiary alicyclic amines) is 1. The summed E-state index contributed by atoms with van der Waals surface area (Å²) in [6.07, 6.45) is 2.28. The number of amides is 1. The van der Waals surface area contributed by atoms with Gasteiger partial charge in [-0.15, -0.1) is 0 Å². The zero-order chi connectivity index (χ0) is 14.6. The molecule has 0 N–H and O–H groups in total. The monoisotopic (exact) mass is 284 g/mol. The SMILES string of the molecule is CC(C)(C)N1CCC(OCC(=O)N2CCOCC2)CC1. The largest absolute Gasteiger partial charge is 0.378 e. The van der Waals surface area contributed by atoms with E-state index in [-0.39, 0.29) is 24.2 Å². The van der Waals surface area contributed by atoms with Crippen molar-refractivity contribution in [2.24, 2.45) is 0 Å². The Balaban J connectivity index is 1.67. The number of carbonyl (C=O) groups is 1. The van der Waals surface area contributed by atoms with Crippen molar-refractivity contribution < 1.29 is 14.3 Å². The highest BCUT2D eigenvalue weighted by atomic mass is 16.5. The van der Waals surface area contributed by atoms with E-state index in [2.05, 4.69) is 25.7 Å². The molecule has 20 heavy (non-hydrogen) atoms. The van der Waals surface area contributed by atoms with E-state index >= 15 is 0 Å². The van der Waals surface area contributed by atoms with E-state index in [0.29, 0.717) is 26.3 Å². The quantitative estimate of drug-likeness (QED) is 0.779. The molecular formula is C15H28N2O3. The summed E-state index contributed by atoms with van der Waals surface area (Å²) in [4.78, 5) is 16.3. The van der Waals surface area contributed by atoms with Crippen molar-refractivity contribution in [2.45, 2.75) is 45.3 Å². The van der Waals surface area contributed by atoms with E-state index < -0.39 is 0 Å². The average Bonchev–Trinajstić information content (AvgIpc) is 2.45. The zero-order valence-corrected chi connectivity index (χ0v) is 13.1. The first-order valence-electron chi connectivity index (χ1n) is 7.69. The van der Waals surface area contributed by atoms with Crippen molar-refractivity contribution in [3.63, 3.8) is 0 Å². The number of nitrogens with zero attached hydrogens (tertiary/aromatic N) is 2. The van der Waals surface area contributed by atoms with Gasteiger partial charge in [-0.25, -0.2) is 0 Å². The van der Waals surface area contributed by atoms with Crippen molar-refractivity contribution in [2.75, 3.05) is 46.0 Å². The Morgan fingerprint density at radius 3 is 2.30 bits per heavy atom. The summed E-state index contributed by atoms with van der Waals surface area (Å²) >= 11 is 0. The molecule has 0 aliphatic carbocycles. The fraction of sp³-hybridized carbons (Fsp3) is 0.933. The third-order valence-corrected chi connectivity index (χ3v) is 4.20. The van der Waals surface area contributed by atoms with Crippen molar-refractivity contribution in [3.8, 4) is 0 Å². The number of hydrogen-bond donors (Lipinski definition) is 0. The van der Waals surface area contributed by atoms with Gasteiger partial charge in [-0.3, -0.25) is 9.69 Å². The van der Waals surface area contributed by atoms with Crippen LogP contribution in [-0.4, -0.2) is 73.3 Å². The van der Waals surface area contributed by atoms with Crippen LogP contribution in [0.15, 0.2) is 0 Å². The van der Waals surface area contributed by atoms with E-state index in [1.807, 2.05) is 4.90 Å². The normalized spacial score (nSPS) is 23.1. The maximum atomic E-state index is 12.0. The Bertz CT molecular complexity index is 314. The molecule has 0 aromatic carbocycles. The van der Waals surface area contributed by atoms with Crippen LogP contribution in [0.3, 0.4) is 0 Å². The highest BCUT2D eigenvalue weighted by Gasteiger charge is 2.28. The molecule has 2 fully saturated rings. The molecule has 116 valence electrons. The zero-order valence-electron chi connectivity index (χ0n) is 13.1.